The number of nitrogens with one attached hydrogen (secondary N) is 7. The zero-order valence-electron chi connectivity index (χ0n) is 42.6. The summed E-state index contributed by atoms with van der Waals surface area (Å²) < 4.78 is 74.8. The Morgan fingerprint density at radius 3 is 1.71 bits per heavy atom. The van der Waals surface area contributed by atoms with E-state index in [0.717, 1.165) is 58.0 Å². The minimum absolute atomic E-state index is 0.168. The SMILES string of the molecule is COc1cc2c(cc1Nc1ncc(Br)c(Nc3ccccc3NS(=O)(=O)CCOc3cc4c(cc3Nc3ncc(Br)c(Nc5ccccc5N(C(C)C)S(C)(=O)=O)n3)-c3cnn(C)c3CCN4)n1)-c1cnn(C)c1CCN2. The lowest BCUT2D eigenvalue weighted by Gasteiger charge is -2.28. The van der Waals surface area contributed by atoms with Gasteiger partial charge in [-0.3, -0.25) is 18.4 Å². The van der Waals surface area contributed by atoms with Gasteiger partial charge in [-0.15, -0.1) is 0 Å². The summed E-state index contributed by atoms with van der Waals surface area (Å²) in [4.78, 5) is 18.6. The highest BCUT2D eigenvalue weighted by Gasteiger charge is 2.26. The van der Waals surface area contributed by atoms with Gasteiger partial charge >= 0.3 is 0 Å². The summed E-state index contributed by atoms with van der Waals surface area (Å²) >= 11 is 7.12. The van der Waals surface area contributed by atoms with Crippen LogP contribution in [0, 0.1) is 0 Å². The van der Waals surface area contributed by atoms with Gasteiger partial charge in [0.15, 0.2) is 0 Å². The van der Waals surface area contributed by atoms with Gasteiger partial charge in [-0.1, -0.05) is 24.3 Å². The Morgan fingerprint density at radius 1 is 0.662 bits per heavy atom. The van der Waals surface area contributed by atoms with Crippen molar-refractivity contribution in [1.29, 1.82) is 0 Å². The molecule has 0 radical (unpaired) electrons. The number of methoxy groups -OCH3 is 1. The fourth-order valence-electron chi connectivity index (χ4n) is 9.28. The Morgan fingerprint density at radius 2 is 1.17 bits per heavy atom. The Hall–Kier alpha value is -7.68. The lowest BCUT2D eigenvalue weighted by Crippen LogP contribution is -2.36. The molecule has 7 N–H and O–H groups in total. The number of hydrogen-bond acceptors (Lipinski definition) is 18. The quantitative estimate of drug-likeness (QED) is 0.0422. The molecule has 0 unspecified atom stereocenters. The van der Waals surface area contributed by atoms with Crippen LogP contribution in [0.3, 0.4) is 0 Å². The molecular weight excluding hydrogens is 1160 g/mol. The van der Waals surface area contributed by atoms with Gasteiger partial charge in [-0.25, -0.2) is 26.8 Å². The van der Waals surface area contributed by atoms with E-state index < -0.39 is 25.8 Å². The van der Waals surface area contributed by atoms with E-state index in [2.05, 4.69) is 88.6 Å². The molecule has 2 aliphatic heterocycles. The maximum absolute atomic E-state index is 14.0. The highest BCUT2D eigenvalue weighted by molar-refractivity contribution is 9.11. The molecule has 6 heterocycles. The number of anilines is 12. The molecule has 0 saturated heterocycles. The summed E-state index contributed by atoms with van der Waals surface area (Å²) in [5, 5.41) is 29.2. The van der Waals surface area contributed by atoms with Crippen LogP contribution in [0.1, 0.15) is 25.2 Å². The maximum Gasteiger partial charge on any atom is 0.236 e. The van der Waals surface area contributed by atoms with Crippen LogP contribution in [0.2, 0.25) is 0 Å². The molecule has 4 aromatic heterocycles. The molecule has 8 aromatic rings. The van der Waals surface area contributed by atoms with Crippen molar-refractivity contribution in [2.45, 2.75) is 32.7 Å². The molecule has 0 amide bonds. The third-order valence-corrected chi connectivity index (χ3v) is 16.5. The van der Waals surface area contributed by atoms with Gasteiger partial charge in [0, 0.05) is 116 Å². The molecule has 4 aromatic carbocycles. The number of hydrogen-bond donors (Lipinski definition) is 7. The number of halogens is 2. The van der Waals surface area contributed by atoms with Gasteiger partial charge in [0.05, 0.1) is 68.8 Å². The lowest BCUT2D eigenvalue weighted by atomic mass is 10.0. The van der Waals surface area contributed by atoms with Crippen LogP contribution >= 0.6 is 31.9 Å². The summed E-state index contributed by atoms with van der Waals surface area (Å²) in [6.07, 6.45) is 9.52. The summed E-state index contributed by atoms with van der Waals surface area (Å²) in [7, 11) is -2.24. The van der Waals surface area contributed by atoms with Gasteiger partial charge in [0.1, 0.15) is 35.5 Å². The summed E-state index contributed by atoms with van der Waals surface area (Å²) in [6, 6.07) is 21.2. The summed E-state index contributed by atoms with van der Waals surface area (Å²) in [5.41, 5.74) is 10.3. The minimum atomic E-state index is -4.04. The first kappa shape index (κ1) is 52.7. The molecule has 0 bridgehead atoms. The third-order valence-electron chi connectivity index (χ3n) is 12.8. The zero-order chi connectivity index (χ0) is 54.2. The Bertz CT molecular complexity index is 3780. The highest BCUT2D eigenvalue weighted by Crippen LogP contribution is 2.44. The Kier molecular flexibility index (Phi) is 14.9. The summed E-state index contributed by atoms with van der Waals surface area (Å²) in [5.74, 6) is 1.62. The van der Waals surface area contributed by atoms with Gasteiger partial charge in [0.25, 0.3) is 0 Å². The van der Waals surface area contributed by atoms with E-state index >= 15 is 0 Å². The normalized spacial score (nSPS) is 12.8. The second-order valence-corrected chi connectivity index (χ2v) is 23.8. The molecule has 26 heteroatoms. The number of nitrogens with zero attached hydrogens (tertiary/aromatic N) is 9. The molecule has 0 aliphatic carbocycles. The van der Waals surface area contributed by atoms with Crippen molar-refractivity contribution in [3.05, 3.63) is 118 Å². The van der Waals surface area contributed by atoms with Crippen molar-refractivity contribution in [3.8, 4) is 33.8 Å². The monoisotopic (exact) mass is 1210 g/mol. The second kappa shape index (κ2) is 21.7. The number of rotatable bonds is 18. The van der Waals surface area contributed by atoms with Crippen LogP contribution in [0.15, 0.2) is 107 Å². The largest absolute Gasteiger partial charge is 0.494 e. The number of sulfonamides is 2. The maximum atomic E-state index is 14.0. The number of aromatic nitrogens is 8. The van der Waals surface area contributed by atoms with E-state index in [-0.39, 0.29) is 30.2 Å². The van der Waals surface area contributed by atoms with Crippen molar-refractivity contribution in [2.75, 3.05) is 79.7 Å². The van der Waals surface area contributed by atoms with Crippen molar-refractivity contribution in [1.82, 2.24) is 39.5 Å². The van der Waals surface area contributed by atoms with Crippen molar-refractivity contribution < 1.29 is 26.3 Å². The number of aryl methyl sites for hydroxylation is 2. The molecule has 22 nitrogen and oxygen atoms in total. The number of benzene rings is 4. The molecule has 0 atom stereocenters. The van der Waals surface area contributed by atoms with Crippen LogP contribution < -0.4 is 50.4 Å². The highest BCUT2D eigenvalue weighted by atomic mass is 79.9. The van der Waals surface area contributed by atoms with Gasteiger partial charge in [0.2, 0.25) is 31.9 Å². The smallest absolute Gasteiger partial charge is 0.236 e. The third kappa shape index (κ3) is 11.4. The average Bonchev–Trinajstić information content (AvgIpc) is 3.83. The number of fused-ring (bicyclic) bond motifs is 6. The predicted octanol–water partition coefficient (Wildman–Crippen LogP) is 9.51. The van der Waals surface area contributed by atoms with E-state index in [9.17, 15) is 16.8 Å². The van der Waals surface area contributed by atoms with Gasteiger partial charge < -0.3 is 41.4 Å². The van der Waals surface area contributed by atoms with Crippen LogP contribution in [0.5, 0.6) is 11.5 Å². The molecular formula is C51H54Br2N16O6S2. The van der Waals surface area contributed by atoms with Crippen LogP contribution in [0.4, 0.5) is 69.0 Å². The summed E-state index contributed by atoms with van der Waals surface area (Å²) in [6.45, 7) is 4.72. The van der Waals surface area contributed by atoms with Gasteiger partial charge in [-0.2, -0.15) is 20.2 Å². The number of ether oxygens (including phenoxy) is 2. The second-order valence-electron chi connectivity index (χ2n) is 18.4. The first-order chi connectivity index (χ1) is 36.9. The standard InChI is InChI=1S/C51H54Br2N16O6S2/c1-29(2)69(76(6,70)71)45-14-10-9-13-38(45)61-49-35(53)28-57-51(65-49)63-42-22-31-33-26-59-68(4)44(33)16-18-55-40(31)24-47(42)75-19-20-77(72,73)66-37-12-8-7-11-36(37)60-48-34(52)27-56-50(64-48)62-41-21-30-32-25-58-67(3)43(32)15-17-54-39(30)23-46(41)74-5/h7-14,21-29,54-55,66H,15-20H2,1-6H3,(H2,56,60,62,64)(H2,57,61,63,65). The number of para-hydroxylation sites is 4. The minimum Gasteiger partial charge on any atom is -0.494 e. The predicted molar refractivity (Wildman–Crippen MR) is 309 cm³/mol. The van der Waals surface area contributed by atoms with Crippen molar-refractivity contribution in [2.24, 2.45) is 14.1 Å². The van der Waals surface area contributed by atoms with Crippen molar-refractivity contribution >= 4 is 121 Å². The fourth-order valence-corrected chi connectivity index (χ4v) is 12.1. The Balaban J connectivity index is 0.876. The molecule has 10 rings (SSSR count). The van der Waals surface area contributed by atoms with Crippen molar-refractivity contribution in [3.63, 3.8) is 0 Å². The molecule has 77 heavy (non-hydrogen) atoms. The molecule has 2 aliphatic rings. The first-order valence-electron chi connectivity index (χ1n) is 24.3. The topological polar surface area (TPSA) is 261 Å². The van der Waals surface area contributed by atoms with E-state index in [1.54, 1.807) is 81.9 Å². The van der Waals surface area contributed by atoms with E-state index in [1.807, 2.05) is 60.1 Å². The fraction of sp³-hybridized carbons (Fsp3) is 0.255. The van der Waals surface area contributed by atoms with E-state index in [4.69, 9.17) is 19.4 Å². The lowest BCUT2D eigenvalue weighted by molar-refractivity contribution is 0.343. The molecule has 0 fully saturated rings. The van der Waals surface area contributed by atoms with E-state index in [1.165, 1.54) is 10.6 Å². The first-order valence-corrected chi connectivity index (χ1v) is 29.4. The van der Waals surface area contributed by atoms with Crippen LogP contribution in [0.25, 0.3) is 22.3 Å². The zero-order valence-corrected chi connectivity index (χ0v) is 47.4. The average molecular weight is 1210 g/mol. The molecule has 0 spiro atoms. The Labute approximate surface area is 462 Å². The van der Waals surface area contributed by atoms with Gasteiger partial charge in [-0.05, 0) is 82.1 Å². The molecule has 400 valence electrons. The van der Waals surface area contributed by atoms with E-state index in [0.29, 0.717) is 73.5 Å². The molecule has 0 saturated carbocycles. The van der Waals surface area contributed by atoms with Crippen LogP contribution in [-0.4, -0.2) is 101 Å². The van der Waals surface area contributed by atoms with Crippen LogP contribution in [-0.2, 0) is 47.0 Å².